The van der Waals surface area contributed by atoms with Gasteiger partial charge in [-0.1, -0.05) is 36.8 Å². The Bertz CT molecular complexity index is 992. The Morgan fingerprint density at radius 2 is 1.75 bits per heavy atom. The summed E-state index contributed by atoms with van der Waals surface area (Å²) in [6.07, 6.45) is 4.71. The number of nitrogens with zero attached hydrogens (tertiary/aromatic N) is 5. The van der Waals surface area contributed by atoms with Crippen molar-refractivity contribution in [2.45, 2.75) is 45.2 Å². The van der Waals surface area contributed by atoms with Crippen LogP contribution in [0.15, 0.2) is 42.5 Å². The van der Waals surface area contributed by atoms with Crippen molar-refractivity contribution in [2.24, 2.45) is 0 Å². The molecule has 2 aliphatic heterocycles. The van der Waals surface area contributed by atoms with Crippen LogP contribution in [0.4, 0.5) is 4.79 Å². The molecule has 7 heteroatoms. The van der Waals surface area contributed by atoms with E-state index in [2.05, 4.69) is 17.0 Å². The van der Waals surface area contributed by atoms with Crippen LogP contribution in [0.2, 0.25) is 0 Å². The number of rotatable bonds is 8. The number of unbranched alkanes of at least 4 members (excludes halogenated alkanes) is 1. The van der Waals surface area contributed by atoms with Crippen molar-refractivity contribution in [2.75, 3.05) is 26.2 Å². The molecule has 1 aromatic carbocycles. The molecule has 3 amide bonds. The fourth-order valence-corrected chi connectivity index (χ4v) is 4.33. The first kappa shape index (κ1) is 22.0. The lowest BCUT2D eigenvalue weighted by molar-refractivity contribution is -0.125. The molecule has 3 heterocycles. The van der Waals surface area contributed by atoms with Crippen LogP contribution >= 0.6 is 0 Å². The van der Waals surface area contributed by atoms with Gasteiger partial charge >= 0.3 is 6.03 Å². The molecule has 0 bridgehead atoms. The van der Waals surface area contributed by atoms with Crippen molar-refractivity contribution in [3.63, 3.8) is 0 Å². The van der Waals surface area contributed by atoms with Gasteiger partial charge in [-0.05, 0) is 50.0 Å². The SMILES string of the molecule is N#CCCCN1C(=O)CN(Cc2ccc(-c3cccc(CN4CCCCC4)n3)cc2)C1=O. The van der Waals surface area contributed by atoms with Gasteiger partial charge in [0.2, 0.25) is 5.91 Å². The highest BCUT2D eigenvalue weighted by atomic mass is 16.2. The fourth-order valence-electron chi connectivity index (χ4n) is 4.33. The third-order valence-electron chi connectivity index (χ3n) is 6.06. The normalized spacial score (nSPS) is 17.1. The number of nitriles is 1. The number of benzene rings is 1. The molecule has 1 aromatic heterocycles. The van der Waals surface area contributed by atoms with Crippen LogP contribution in [0.25, 0.3) is 11.3 Å². The predicted molar refractivity (Wildman–Crippen MR) is 121 cm³/mol. The minimum absolute atomic E-state index is 0.0905. The molecule has 0 atom stereocenters. The Balaban J connectivity index is 1.37. The minimum atomic E-state index is -0.274. The topological polar surface area (TPSA) is 80.5 Å². The van der Waals surface area contributed by atoms with E-state index in [0.29, 0.717) is 25.9 Å². The second-order valence-corrected chi connectivity index (χ2v) is 8.49. The zero-order chi connectivity index (χ0) is 22.3. The lowest BCUT2D eigenvalue weighted by Gasteiger charge is -2.26. The highest BCUT2D eigenvalue weighted by Gasteiger charge is 2.35. The van der Waals surface area contributed by atoms with E-state index in [1.165, 1.54) is 24.2 Å². The first-order valence-electron chi connectivity index (χ1n) is 11.4. The summed E-state index contributed by atoms with van der Waals surface area (Å²) in [4.78, 5) is 34.8. The monoisotopic (exact) mass is 431 g/mol. The number of hydrogen-bond donors (Lipinski definition) is 0. The predicted octanol–water partition coefficient (Wildman–Crippen LogP) is 3.80. The summed E-state index contributed by atoms with van der Waals surface area (Å²) >= 11 is 0. The van der Waals surface area contributed by atoms with E-state index in [1.54, 1.807) is 4.90 Å². The molecule has 32 heavy (non-hydrogen) atoms. The molecule has 4 rings (SSSR count). The Kier molecular flexibility index (Phi) is 7.13. The molecule has 0 spiro atoms. The van der Waals surface area contributed by atoms with E-state index >= 15 is 0 Å². The Morgan fingerprint density at radius 3 is 2.50 bits per heavy atom. The first-order chi connectivity index (χ1) is 15.6. The molecule has 0 aliphatic carbocycles. The number of pyridine rings is 1. The number of urea groups is 1. The Hall–Kier alpha value is -3.24. The molecular formula is C25H29N5O2. The average molecular weight is 432 g/mol. The maximum absolute atomic E-state index is 12.5. The van der Waals surface area contributed by atoms with Crippen LogP contribution in [0, 0.1) is 11.3 Å². The molecule has 2 saturated heterocycles. The molecular weight excluding hydrogens is 402 g/mol. The van der Waals surface area contributed by atoms with Crippen LogP contribution in [-0.4, -0.2) is 57.8 Å². The van der Waals surface area contributed by atoms with Gasteiger partial charge in [0.05, 0.1) is 17.5 Å². The number of imide groups is 1. The van der Waals surface area contributed by atoms with Gasteiger partial charge in [0.15, 0.2) is 0 Å². The molecule has 2 aliphatic rings. The van der Waals surface area contributed by atoms with E-state index in [1.807, 2.05) is 36.4 Å². The van der Waals surface area contributed by atoms with Gasteiger partial charge < -0.3 is 4.90 Å². The molecule has 2 fully saturated rings. The van der Waals surface area contributed by atoms with Crippen LogP contribution in [0.5, 0.6) is 0 Å². The molecule has 0 saturated carbocycles. The van der Waals surface area contributed by atoms with Crippen LogP contribution < -0.4 is 0 Å². The molecule has 7 nitrogen and oxygen atoms in total. The number of carbonyl (C=O) groups excluding carboxylic acids is 2. The van der Waals surface area contributed by atoms with Crippen molar-refractivity contribution >= 4 is 11.9 Å². The quantitative estimate of drug-likeness (QED) is 0.469. The molecule has 2 aromatic rings. The average Bonchev–Trinajstić information content (AvgIpc) is 3.08. The van der Waals surface area contributed by atoms with Gasteiger partial charge in [0, 0.05) is 31.6 Å². The summed E-state index contributed by atoms with van der Waals surface area (Å²) in [6.45, 7) is 3.97. The number of carbonyl (C=O) groups is 2. The lowest BCUT2D eigenvalue weighted by Crippen LogP contribution is -2.33. The summed E-state index contributed by atoms with van der Waals surface area (Å²) < 4.78 is 0. The molecule has 0 radical (unpaired) electrons. The third-order valence-corrected chi connectivity index (χ3v) is 6.06. The Morgan fingerprint density at radius 1 is 0.969 bits per heavy atom. The zero-order valence-corrected chi connectivity index (χ0v) is 18.4. The number of hydrogen-bond acceptors (Lipinski definition) is 5. The molecule has 166 valence electrons. The van der Waals surface area contributed by atoms with Gasteiger partial charge in [0.25, 0.3) is 0 Å². The van der Waals surface area contributed by atoms with Crippen LogP contribution in [-0.2, 0) is 17.9 Å². The maximum atomic E-state index is 12.5. The summed E-state index contributed by atoms with van der Waals surface area (Å²) in [5.41, 5.74) is 4.04. The second kappa shape index (κ2) is 10.4. The first-order valence-corrected chi connectivity index (χ1v) is 11.4. The van der Waals surface area contributed by atoms with Crippen LogP contribution in [0.3, 0.4) is 0 Å². The van der Waals surface area contributed by atoms with Crippen LogP contribution in [0.1, 0.15) is 43.4 Å². The standard InChI is InChI=1S/C25H29N5O2/c26-13-2-5-16-30-24(31)19-29(25(30)32)17-20-9-11-21(12-10-20)23-8-6-7-22(27-23)18-28-14-3-1-4-15-28/h6-12H,1-5,14-19H2. The van der Waals surface area contributed by atoms with E-state index in [4.69, 9.17) is 10.2 Å². The van der Waals surface area contributed by atoms with E-state index in [9.17, 15) is 9.59 Å². The molecule has 0 N–H and O–H groups in total. The van der Waals surface area contributed by atoms with Crippen molar-refractivity contribution in [3.05, 3.63) is 53.7 Å². The minimum Gasteiger partial charge on any atom is -0.311 e. The van der Waals surface area contributed by atoms with E-state index in [-0.39, 0.29) is 18.5 Å². The van der Waals surface area contributed by atoms with Crippen molar-refractivity contribution < 1.29 is 9.59 Å². The number of aromatic nitrogens is 1. The van der Waals surface area contributed by atoms with Gasteiger partial charge in [-0.3, -0.25) is 19.6 Å². The summed E-state index contributed by atoms with van der Waals surface area (Å²) in [7, 11) is 0. The third kappa shape index (κ3) is 5.32. The van der Waals surface area contributed by atoms with Crippen molar-refractivity contribution in [3.8, 4) is 17.3 Å². The smallest absolute Gasteiger partial charge is 0.311 e. The number of amides is 3. The highest BCUT2D eigenvalue weighted by Crippen LogP contribution is 2.21. The summed E-state index contributed by atoms with van der Waals surface area (Å²) in [5.74, 6) is -0.195. The Labute approximate surface area is 189 Å². The fraction of sp³-hybridized carbons (Fsp3) is 0.440. The van der Waals surface area contributed by atoms with Gasteiger partial charge in [-0.25, -0.2) is 4.79 Å². The second-order valence-electron chi connectivity index (χ2n) is 8.49. The number of piperidine rings is 1. The summed E-state index contributed by atoms with van der Waals surface area (Å²) in [6, 6.07) is 16.0. The van der Waals surface area contributed by atoms with Crippen molar-refractivity contribution in [1.29, 1.82) is 5.26 Å². The van der Waals surface area contributed by atoms with Crippen molar-refractivity contribution in [1.82, 2.24) is 19.7 Å². The maximum Gasteiger partial charge on any atom is 0.327 e. The van der Waals surface area contributed by atoms with E-state index in [0.717, 1.165) is 42.1 Å². The van der Waals surface area contributed by atoms with Gasteiger partial charge in [-0.2, -0.15) is 5.26 Å². The lowest BCUT2D eigenvalue weighted by atomic mass is 10.1. The van der Waals surface area contributed by atoms with E-state index < -0.39 is 0 Å². The number of likely N-dealkylation sites (tertiary alicyclic amines) is 1. The highest BCUT2D eigenvalue weighted by molar-refractivity contribution is 6.01. The largest absolute Gasteiger partial charge is 0.327 e. The molecule has 0 unspecified atom stereocenters. The van der Waals surface area contributed by atoms with Gasteiger partial charge in [-0.15, -0.1) is 0 Å². The zero-order valence-electron chi connectivity index (χ0n) is 18.4. The van der Waals surface area contributed by atoms with Gasteiger partial charge in [0.1, 0.15) is 6.54 Å². The summed E-state index contributed by atoms with van der Waals surface area (Å²) in [5, 5.41) is 8.66.